The minimum Gasteiger partial charge on any atom is -0.490 e. The van der Waals surface area contributed by atoms with E-state index in [9.17, 15) is 4.79 Å². The standard InChI is InChI=1S/C17H24ClNO4/c1-3-7-23-16-14(18)9-12(10-15(16)21-4-2)17(20)19-11-13-6-5-8-22-13/h9-10,13H,3-8,11H2,1-2H3,(H,19,20). The fraction of sp³-hybridized carbons (Fsp3) is 0.588. The summed E-state index contributed by atoms with van der Waals surface area (Å²) >= 11 is 6.27. The van der Waals surface area contributed by atoms with E-state index in [1.165, 1.54) is 0 Å². The first-order chi connectivity index (χ1) is 11.2. The molecule has 1 heterocycles. The number of hydrogen-bond donors (Lipinski definition) is 1. The summed E-state index contributed by atoms with van der Waals surface area (Å²) in [6.07, 6.45) is 3.00. The predicted molar refractivity (Wildman–Crippen MR) is 89.7 cm³/mol. The topological polar surface area (TPSA) is 56.8 Å². The second-order valence-electron chi connectivity index (χ2n) is 5.41. The van der Waals surface area contributed by atoms with Crippen LogP contribution in [0.1, 0.15) is 43.5 Å². The van der Waals surface area contributed by atoms with E-state index in [4.69, 9.17) is 25.8 Å². The van der Waals surface area contributed by atoms with E-state index in [0.29, 0.717) is 41.8 Å². The van der Waals surface area contributed by atoms with Gasteiger partial charge in [0.15, 0.2) is 11.5 Å². The molecule has 1 unspecified atom stereocenters. The number of amides is 1. The quantitative estimate of drug-likeness (QED) is 0.787. The molecule has 0 saturated carbocycles. The zero-order valence-electron chi connectivity index (χ0n) is 13.7. The molecule has 1 saturated heterocycles. The lowest BCUT2D eigenvalue weighted by Gasteiger charge is -2.15. The van der Waals surface area contributed by atoms with E-state index < -0.39 is 0 Å². The van der Waals surface area contributed by atoms with E-state index in [1.54, 1.807) is 12.1 Å². The number of rotatable bonds is 8. The third kappa shape index (κ3) is 5.01. The minimum atomic E-state index is -0.189. The summed E-state index contributed by atoms with van der Waals surface area (Å²) in [5.74, 6) is 0.798. The maximum Gasteiger partial charge on any atom is 0.251 e. The third-order valence-corrected chi connectivity index (χ3v) is 3.82. The number of benzene rings is 1. The summed E-state index contributed by atoms with van der Waals surface area (Å²) < 4.78 is 16.7. The highest BCUT2D eigenvalue weighted by Gasteiger charge is 2.19. The molecular weight excluding hydrogens is 318 g/mol. The highest BCUT2D eigenvalue weighted by Crippen LogP contribution is 2.36. The Morgan fingerprint density at radius 2 is 2.22 bits per heavy atom. The molecule has 1 aliphatic heterocycles. The lowest BCUT2D eigenvalue weighted by atomic mass is 10.1. The van der Waals surface area contributed by atoms with E-state index in [1.807, 2.05) is 13.8 Å². The molecule has 6 heteroatoms. The molecule has 1 aromatic rings. The van der Waals surface area contributed by atoms with Crippen molar-refractivity contribution in [2.24, 2.45) is 0 Å². The van der Waals surface area contributed by atoms with Crippen LogP contribution < -0.4 is 14.8 Å². The van der Waals surface area contributed by atoms with E-state index in [-0.39, 0.29) is 12.0 Å². The molecule has 1 amide bonds. The Morgan fingerprint density at radius 3 is 2.87 bits per heavy atom. The highest BCUT2D eigenvalue weighted by molar-refractivity contribution is 6.32. The van der Waals surface area contributed by atoms with Gasteiger partial charge in [-0.1, -0.05) is 18.5 Å². The zero-order valence-corrected chi connectivity index (χ0v) is 14.4. The van der Waals surface area contributed by atoms with Crippen molar-refractivity contribution in [1.29, 1.82) is 0 Å². The maximum absolute atomic E-state index is 12.3. The number of carbonyl (C=O) groups excluding carboxylic acids is 1. The molecule has 5 nitrogen and oxygen atoms in total. The Kier molecular flexibility index (Phi) is 6.99. The van der Waals surface area contributed by atoms with Gasteiger partial charge in [-0.05, 0) is 38.3 Å². The Labute approximate surface area is 142 Å². The molecule has 128 valence electrons. The van der Waals surface area contributed by atoms with Crippen molar-refractivity contribution in [2.45, 2.75) is 39.2 Å². The van der Waals surface area contributed by atoms with Crippen LogP contribution in [0.25, 0.3) is 0 Å². The monoisotopic (exact) mass is 341 g/mol. The number of hydrogen-bond acceptors (Lipinski definition) is 4. The van der Waals surface area contributed by atoms with Crippen molar-refractivity contribution < 1.29 is 19.0 Å². The lowest BCUT2D eigenvalue weighted by molar-refractivity contribution is 0.0857. The summed E-state index contributed by atoms with van der Waals surface area (Å²) in [5, 5.41) is 3.26. The minimum absolute atomic E-state index is 0.105. The van der Waals surface area contributed by atoms with Crippen molar-refractivity contribution in [1.82, 2.24) is 5.32 Å². The van der Waals surface area contributed by atoms with Crippen LogP contribution in [0.3, 0.4) is 0 Å². The summed E-state index contributed by atoms with van der Waals surface area (Å²) in [7, 11) is 0. The molecule has 0 aromatic heterocycles. The van der Waals surface area contributed by atoms with Crippen LogP contribution in [0.2, 0.25) is 5.02 Å². The van der Waals surface area contributed by atoms with E-state index in [0.717, 1.165) is 25.9 Å². The molecule has 0 bridgehead atoms. The van der Waals surface area contributed by atoms with Crippen LogP contribution in [0.4, 0.5) is 0 Å². The van der Waals surface area contributed by atoms with Gasteiger partial charge in [0, 0.05) is 18.7 Å². The van der Waals surface area contributed by atoms with Crippen molar-refractivity contribution >= 4 is 17.5 Å². The Bertz CT molecular complexity index is 530. The smallest absolute Gasteiger partial charge is 0.251 e. The highest BCUT2D eigenvalue weighted by atomic mass is 35.5. The molecule has 1 N–H and O–H groups in total. The van der Waals surface area contributed by atoms with Gasteiger partial charge in [-0.3, -0.25) is 4.79 Å². The lowest BCUT2D eigenvalue weighted by Crippen LogP contribution is -2.31. The van der Waals surface area contributed by atoms with Crippen LogP contribution in [0.5, 0.6) is 11.5 Å². The summed E-state index contributed by atoms with van der Waals surface area (Å²) in [6, 6.07) is 3.28. The average Bonchev–Trinajstić information content (AvgIpc) is 3.05. The molecule has 1 fully saturated rings. The van der Waals surface area contributed by atoms with Crippen molar-refractivity contribution in [3.8, 4) is 11.5 Å². The summed E-state index contributed by atoms with van der Waals surface area (Å²) in [5.41, 5.74) is 0.459. The summed E-state index contributed by atoms with van der Waals surface area (Å²) in [6.45, 7) is 6.19. The number of halogens is 1. The number of nitrogens with one attached hydrogen (secondary N) is 1. The van der Waals surface area contributed by atoms with Gasteiger partial charge in [0.05, 0.1) is 24.3 Å². The van der Waals surface area contributed by atoms with Crippen LogP contribution in [-0.4, -0.2) is 38.4 Å². The van der Waals surface area contributed by atoms with Gasteiger partial charge in [0.2, 0.25) is 0 Å². The van der Waals surface area contributed by atoms with Gasteiger partial charge in [0.1, 0.15) is 0 Å². The fourth-order valence-electron chi connectivity index (χ4n) is 2.42. The molecule has 1 atom stereocenters. The van der Waals surface area contributed by atoms with Crippen LogP contribution in [0.15, 0.2) is 12.1 Å². The van der Waals surface area contributed by atoms with Gasteiger partial charge >= 0.3 is 0 Å². The molecule has 0 radical (unpaired) electrons. The second kappa shape index (κ2) is 8.99. The first kappa shape index (κ1) is 17.9. The van der Waals surface area contributed by atoms with E-state index >= 15 is 0 Å². The third-order valence-electron chi connectivity index (χ3n) is 3.54. The van der Waals surface area contributed by atoms with Gasteiger partial charge < -0.3 is 19.5 Å². The average molecular weight is 342 g/mol. The van der Waals surface area contributed by atoms with Crippen LogP contribution in [0, 0.1) is 0 Å². The first-order valence-electron chi connectivity index (χ1n) is 8.14. The van der Waals surface area contributed by atoms with Crippen LogP contribution >= 0.6 is 11.6 Å². The van der Waals surface area contributed by atoms with Gasteiger partial charge in [-0.15, -0.1) is 0 Å². The molecule has 0 spiro atoms. The number of carbonyl (C=O) groups is 1. The molecule has 1 aromatic carbocycles. The second-order valence-corrected chi connectivity index (χ2v) is 5.82. The first-order valence-corrected chi connectivity index (χ1v) is 8.52. The van der Waals surface area contributed by atoms with Gasteiger partial charge in [-0.25, -0.2) is 0 Å². The number of ether oxygens (including phenoxy) is 3. The molecule has 1 aliphatic rings. The Balaban J connectivity index is 2.09. The molecular formula is C17H24ClNO4. The van der Waals surface area contributed by atoms with Gasteiger partial charge in [0.25, 0.3) is 5.91 Å². The molecule has 0 aliphatic carbocycles. The maximum atomic E-state index is 12.3. The Morgan fingerprint density at radius 1 is 1.39 bits per heavy atom. The predicted octanol–water partition coefficient (Wildman–Crippen LogP) is 3.44. The largest absolute Gasteiger partial charge is 0.490 e. The zero-order chi connectivity index (χ0) is 16.7. The fourth-order valence-corrected chi connectivity index (χ4v) is 2.69. The van der Waals surface area contributed by atoms with Crippen molar-refractivity contribution in [2.75, 3.05) is 26.4 Å². The SMILES string of the molecule is CCCOc1c(Cl)cc(C(=O)NCC2CCCO2)cc1OCC. The van der Waals surface area contributed by atoms with Crippen molar-refractivity contribution in [3.05, 3.63) is 22.7 Å². The normalized spacial score (nSPS) is 17.1. The Hall–Kier alpha value is -1.46. The van der Waals surface area contributed by atoms with Gasteiger partial charge in [-0.2, -0.15) is 0 Å². The summed E-state index contributed by atoms with van der Waals surface area (Å²) in [4.78, 5) is 12.3. The molecule has 23 heavy (non-hydrogen) atoms. The van der Waals surface area contributed by atoms with Crippen LogP contribution in [-0.2, 0) is 4.74 Å². The van der Waals surface area contributed by atoms with Crippen molar-refractivity contribution in [3.63, 3.8) is 0 Å². The van der Waals surface area contributed by atoms with E-state index in [2.05, 4.69) is 5.32 Å². The molecule has 2 rings (SSSR count).